The number of halogens is 7. The summed E-state index contributed by atoms with van der Waals surface area (Å²) in [5.41, 5.74) is -0.224. The number of benzene rings is 2. The second-order valence-corrected chi connectivity index (χ2v) is 7.69. The molecule has 156 valence electrons. The van der Waals surface area contributed by atoms with Crippen LogP contribution in [0.25, 0.3) is 11.3 Å². The van der Waals surface area contributed by atoms with Gasteiger partial charge in [0.05, 0.1) is 21.3 Å². The van der Waals surface area contributed by atoms with Gasteiger partial charge in [0.1, 0.15) is 6.61 Å². The van der Waals surface area contributed by atoms with Crippen molar-refractivity contribution in [1.29, 1.82) is 0 Å². The SMILES string of the molecule is O=C(OCc1ccc(Cl)cc1Cl)c1nc(-c2ccc(C(F)(F)F)cc2Cl)ccc1Cl. The molecule has 3 rings (SSSR count). The molecule has 0 spiro atoms. The molecule has 0 N–H and O–H groups in total. The third kappa shape index (κ3) is 5.19. The van der Waals surface area contributed by atoms with Gasteiger partial charge in [-0.2, -0.15) is 13.2 Å². The quantitative estimate of drug-likeness (QED) is 0.348. The molecule has 0 fully saturated rings. The molecule has 0 saturated carbocycles. The van der Waals surface area contributed by atoms with Crippen molar-refractivity contribution in [3.8, 4) is 11.3 Å². The number of nitrogens with zero attached hydrogens (tertiary/aromatic N) is 1. The average molecular weight is 495 g/mol. The number of alkyl halides is 3. The van der Waals surface area contributed by atoms with Crippen molar-refractivity contribution in [3.05, 3.63) is 85.4 Å². The zero-order valence-electron chi connectivity index (χ0n) is 14.7. The Balaban J connectivity index is 1.85. The minimum Gasteiger partial charge on any atom is -0.456 e. The van der Waals surface area contributed by atoms with Crippen LogP contribution in [0.5, 0.6) is 0 Å². The lowest BCUT2D eigenvalue weighted by Gasteiger charge is -2.11. The first-order valence-electron chi connectivity index (χ1n) is 8.21. The van der Waals surface area contributed by atoms with Crippen LogP contribution in [-0.2, 0) is 17.5 Å². The van der Waals surface area contributed by atoms with Crippen molar-refractivity contribution in [2.75, 3.05) is 0 Å². The number of hydrogen-bond acceptors (Lipinski definition) is 3. The molecule has 0 saturated heterocycles. The van der Waals surface area contributed by atoms with Gasteiger partial charge in [-0.3, -0.25) is 0 Å². The van der Waals surface area contributed by atoms with Gasteiger partial charge >= 0.3 is 12.1 Å². The van der Waals surface area contributed by atoms with Gasteiger partial charge in [-0.1, -0.05) is 58.5 Å². The number of carbonyl (C=O) groups is 1. The molecule has 10 heteroatoms. The lowest BCUT2D eigenvalue weighted by Crippen LogP contribution is -2.09. The molecule has 0 aliphatic heterocycles. The van der Waals surface area contributed by atoms with E-state index in [2.05, 4.69) is 4.98 Å². The molecule has 0 amide bonds. The van der Waals surface area contributed by atoms with Crippen LogP contribution < -0.4 is 0 Å². The van der Waals surface area contributed by atoms with Gasteiger partial charge in [0.15, 0.2) is 5.69 Å². The molecule has 3 nitrogen and oxygen atoms in total. The van der Waals surface area contributed by atoms with Crippen LogP contribution in [0.3, 0.4) is 0 Å². The van der Waals surface area contributed by atoms with Gasteiger partial charge in [-0.15, -0.1) is 0 Å². The van der Waals surface area contributed by atoms with Crippen LogP contribution in [0.2, 0.25) is 20.1 Å². The summed E-state index contributed by atoms with van der Waals surface area (Å²) >= 11 is 23.9. The summed E-state index contributed by atoms with van der Waals surface area (Å²) < 4.78 is 43.7. The van der Waals surface area contributed by atoms with E-state index in [1.165, 1.54) is 24.3 Å². The topological polar surface area (TPSA) is 39.2 Å². The molecule has 2 aromatic carbocycles. The molecular weight excluding hydrogens is 485 g/mol. The first kappa shape index (κ1) is 22.7. The van der Waals surface area contributed by atoms with E-state index in [1.54, 1.807) is 12.1 Å². The number of rotatable bonds is 4. The maximum atomic E-state index is 12.8. The highest BCUT2D eigenvalue weighted by molar-refractivity contribution is 6.35. The normalized spacial score (nSPS) is 11.4. The van der Waals surface area contributed by atoms with Gasteiger partial charge < -0.3 is 4.74 Å². The molecule has 0 aliphatic carbocycles. The van der Waals surface area contributed by atoms with Crippen molar-refractivity contribution in [1.82, 2.24) is 4.98 Å². The third-order valence-corrected chi connectivity index (χ3v) is 5.19. The fourth-order valence-electron chi connectivity index (χ4n) is 2.48. The van der Waals surface area contributed by atoms with Crippen LogP contribution in [0.15, 0.2) is 48.5 Å². The Morgan fingerprint density at radius 2 is 1.63 bits per heavy atom. The summed E-state index contributed by atoms with van der Waals surface area (Å²) in [6.07, 6.45) is -4.53. The van der Waals surface area contributed by atoms with Crippen LogP contribution >= 0.6 is 46.4 Å². The third-order valence-electron chi connectivity index (χ3n) is 3.99. The average Bonchev–Trinajstić information content (AvgIpc) is 2.67. The van der Waals surface area contributed by atoms with E-state index in [-0.39, 0.29) is 33.6 Å². The van der Waals surface area contributed by atoms with Crippen molar-refractivity contribution in [2.24, 2.45) is 0 Å². The van der Waals surface area contributed by atoms with E-state index in [4.69, 9.17) is 51.1 Å². The van der Waals surface area contributed by atoms with Crippen molar-refractivity contribution in [3.63, 3.8) is 0 Å². The number of esters is 1. The summed E-state index contributed by atoms with van der Waals surface area (Å²) in [4.78, 5) is 16.6. The Labute approximate surface area is 189 Å². The molecule has 1 aromatic heterocycles. The predicted octanol–water partition coefficient (Wildman–Crippen LogP) is 7.74. The number of ether oxygens (including phenoxy) is 1. The van der Waals surface area contributed by atoms with Gasteiger partial charge in [0.2, 0.25) is 0 Å². The number of hydrogen-bond donors (Lipinski definition) is 0. The molecule has 1 heterocycles. The zero-order valence-corrected chi connectivity index (χ0v) is 17.8. The summed E-state index contributed by atoms with van der Waals surface area (Å²) in [5.74, 6) is -0.837. The molecule has 0 unspecified atom stereocenters. The monoisotopic (exact) mass is 493 g/mol. The summed E-state index contributed by atoms with van der Waals surface area (Å²) in [5, 5.41) is 0.585. The number of pyridine rings is 1. The lowest BCUT2D eigenvalue weighted by molar-refractivity contribution is -0.137. The Bertz CT molecular complexity index is 1120. The molecular formula is C20H10Cl4F3NO2. The smallest absolute Gasteiger partial charge is 0.416 e. The van der Waals surface area contributed by atoms with E-state index in [1.807, 2.05) is 0 Å². The largest absolute Gasteiger partial charge is 0.456 e. The summed E-state index contributed by atoms with van der Waals surface area (Å²) in [6, 6.07) is 10.3. The fourth-order valence-corrected chi connectivity index (χ4v) is 3.41. The second-order valence-electron chi connectivity index (χ2n) is 6.03. The minimum atomic E-state index is -4.53. The van der Waals surface area contributed by atoms with Crippen LogP contribution in [0, 0.1) is 0 Å². The Hall–Kier alpha value is -1.99. The lowest BCUT2D eigenvalue weighted by atomic mass is 10.1. The Morgan fingerprint density at radius 1 is 0.900 bits per heavy atom. The van der Waals surface area contributed by atoms with Gasteiger partial charge in [-0.05, 0) is 36.4 Å². The van der Waals surface area contributed by atoms with E-state index in [0.29, 0.717) is 15.6 Å². The summed E-state index contributed by atoms with van der Waals surface area (Å²) in [7, 11) is 0. The second kappa shape index (κ2) is 9.02. The zero-order chi connectivity index (χ0) is 22.1. The van der Waals surface area contributed by atoms with E-state index >= 15 is 0 Å². The highest BCUT2D eigenvalue weighted by Gasteiger charge is 2.31. The Morgan fingerprint density at radius 3 is 2.27 bits per heavy atom. The van der Waals surface area contributed by atoms with Gasteiger partial charge in [-0.25, -0.2) is 9.78 Å². The summed E-state index contributed by atoms with van der Waals surface area (Å²) in [6.45, 7) is -0.155. The van der Waals surface area contributed by atoms with Gasteiger partial charge in [0, 0.05) is 21.2 Å². The maximum absolute atomic E-state index is 12.8. The standard InChI is InChI=1S/C20H10Cl4F3NO2/c21-12-3-1-10(15(23)8-12)9-30-19(29)18-14(22)5-6-17(28-18)13-4-2-11(7-16(13)24)20(25,26)27/h1-8H,9H2. The molecule has 0 atom stereocenters. The molecule has 0 bridgehead atoms. The molecule has 30 heavy (non-hydrogen) atoms. The first-order valence-corrected chi connectivity index (χ1v) is 9.72. The molecule has 0 aliphatic rings. The fraction of sp³-hybridized carbons (Fsp3) is 0.100. The Kier molecular flexibility index (Phi) is 6.82. The van der Waals surface area contributed by atoms with E-state index in [0.717, 1.165) is 12.1 Å². The minimum absolute atomic E-state index is 0.00832. The van der Waals surface area contributed by atoms with Crippen LogP contribution in [-0.4, -0.2) is 11.0 Å². The first-order chi connectivity index (χ1) is 14.1. The van der Waals surface area contributed by atoms with Gasteiger partial charge in [0.25, 0.3) is 0 Å². The highest BCUT2D eigenvalue weighted by Crippen LogP contribution is 2.35. The number of aromatic nitrogens is 1. The van der Waals surface area contributed by atoms with Crippen LogP contribution in [0.4, 0.5) is 13.2 Å². The van der Waals surface area contributed by atoms with Crippen molar-refractivity contribution < 1.29 is 22.7 Å². The highest BCUT2D eigenvalue weighted by atomic mass is 35.5. The molecule has 3 aromatic rings. The van der Waals surface area contributed by atoms with E-state index < -0.39 is 17.7 Å². The molecule has 0 radical (unpaired) electrons. The van der Waals surface area contributed by atoms with Crippen molar-refractivity contribution >= 4 is 52.4 Å². The predicted molar refractivity (Wildman–Crippen MR) is 110 cm³/mol. The van der Waals surface area contributed by atoms with Crippen LogP contribution in [0.1, 0.15) is 21.6 Å². The van der Waals surface area contributed by atoms with E-state index in [9.17, 15) is 18.0 Å². The van der Waals surface area contributed by atoms with Crippen molar-refractivity contribution in [2.45, 2.75) is 12.8 Å². The maximum Gasteiger partial charge on any atom is 0.416 e. The number of carbonyl (C=O) groups excluding carboxylic acids is 1.